The van der Waals surface area contributed by atoms with Gasteiger partial charge in [0.1, 0.15) is 5.82 Å². The number of hydrogen-bond acceptors (Lipinski definition) is 2. The van der Waals surface area contributed by atoms with Crippen LogP contribution in [0.2, 0.25) is 0 Å². The van der Waals surface area contributed by atoms with Crippen LogP contribution in [0.4, 0.5) is 4.39 Å². The molecular formula is C16H23FN2. The second kappa shape index (κ2) is 5.22. The van der Waals surface area contributed by atoms with Gasteiger partial charge in [-0.3, -0.25) is 4.90 Å². The maximum absolute atomic E-state index is 13.6. The Bertz CT molecular complexity index is 456. The van der Waals surface area contributed by atoms with Crippen molar-refractivity contribution in [3.8, 4) is 0 Å². The molecule has 0 spiro atoms. The summed E-state index contributed by atoms with van der Waals surface area (Å²) < 4.78 is 13.6. The normalized spacial score (nSPS) is 29.2. The summed E-state index contributed by atoms with van der Waals surface area (Å²) in [5.74, 6) is -0.146. The average Bonchev–Trinajstić information content (AvgIpc) is 3.19. The minimum Gasteiger partial charge on any atom is -0.326 e. The summed E-state index contributed by atoms with van der Waals surface area (Å²) in [5, 5.41) is 0. The molecule has 1 saturated carbocycles. The third-order valence-corrected chi connectivity index (χ3v) is 4.54. The van der Waals surface area contributed by atoms with Crippen LogP contribution in [-0.4, -0.2) is 23.5 Å². The van der Waals surface area contributed by atoms with Crippen LogP contribution < -0.4 is 5.73 Å². The van der Waals surface area contributed by atoms with Crippen LogP contribution in [0, 0.1) is 12.7 Å². The van der Waals surface area contributed by atoms with Crippen molar-refractivity contribution in [2.24, 2.45) is 5.73 Å². The largest absolute Gasteiger partial charge is 0.326 e. The molecule has 1 aliphatic carbocycles. The predicted octanol–water partition coefficient (Wildman–Crippen LogP) is 3.15. The van der Waals surface area contributed by atoms with Crippen molar-refractivity contribution >= 4 is 0 Å². The van der Waals surface area contributed by atoms with Crippen LogP contribution in [0.3, 0.4) is 0 Å². The Hall–Kier alpha value is -0.930. The minimum absolute atomic E-state index is 0.128. The van der Waals surface area contributed by atoms with Gasteiger partial charge < -0.3 is 5.73 Å². The first kappa shape index (κ1) is 13.1. The third-order valence-electron chi connectivity index (χ3n) is 4.54. The van der Waals surface area contributed by atoms with Crippen molar-refractivity contribution in [2.75, 3.05) is 6.54 Å². The highest BCUT2D eigenvalue weighted by Crippen LogP contribution is 2.39. The number of benzene rings is 1. The fourth-order valence-electron chi connectivity index (χ4n) is 3.37. The van der Waals surface area contributed by atoms with Gasteiger partial charge in [0.25, 0.3) is 0 Å². The Morgan fingerprint density at radius 3 is 2.74 bits per heavy atom. The molecular weight excluding hydrogens is 239 g/mol. The summed E-state index contributed by atoms with van der Waals surface area (Å²) in [7, 11) is 0. The fraction of sp³-hybridized carbons (Fsp3) is 0.625. The lowest BCUT2D eigenvalue weighted by Gasteiger charge is -2.35. The summed E-state index contributed by atoms with van der Waals surface area (Å²) in [6.45, 7) is 3.18. The summed E-state index contributed by atoms with van der Waals surface area (Å²) >= 11 is 0. The second-order valence-corrected chi connectivity index (χ2v) is 6.07. The molecule has 104 valence electrons. The average molecular weight is 262 g/mol. The van der Waals surface area contributed by atoms with Crippen LogP contribution in [0.5, 0.6) is 0 Å². The Morgan fingerprint density at radius 2 is 2.00 bits per heavy atom. The number of aryl methyl sites for hydroxylation is 1. The molecule has 2 nitrogen and oxygen atoms in total. The third kappa shape index (κ3) is 2.67. The molecule has 0 aromatic heterocycles. The highest BCUT2D eigenvalue weighted by molar-refractivity contribution is 5.31. The lowest BCUT2D eigenvalue weighted by molar-refractivity contribution is 0.175. The summed E-state index contributed by atoms with van der Waals surface area (Å²) in [6.07, 6.45) is 6.00. The molecule has 2 fully saturated rings. The van der Waals surface area contributed by atoms with Gasteiger partial charge in [-0.15, -0.1) is 0 Å². The van der Waals surface area contributed by atoms with Gasteiger partial charge in [-0.05, 0) is 62.4 Å². The molecule has 0 amide bonds. The van der Waals surface area contributed by atoms with E-state index in [4.69, 9.17) is 5.73 Å². The van der Waals surface area contributed by atoms with Crippen LogP contribution in [0.1, 0.15) is 49.3 Å². The standard InChI is InChI=1S/C16H23FN2/c1-11-5-6-12(17)10-14(11)16-15(18)4-2-3-9-19(16)13-7-8-13/h5-6,10,13,15-16H,2-4,7-9,18H2,1H3. The van der Waals surface area contributed by atoms with Crippen molar-refractivity contribution in [2.45, 2.75) is 57.2 Å². The Kier molecular flexibility index (Phi) is 3.59. The number of nitrogens with two attached hydrogens (primary N) is 1. The number of rotatable bonds is 2. The lowest BCUT2D eigenvalue weighted by atomic mass is 9.92. The topological polar surface area (TPSA) is 29.3 Å². The molecule has 19 heavy (non-hydrogen) atoms. The number of nitrogens with zero attached hydrogens (tertiary/aromatic N) is 1. The van der Waals surface area contributed by atoms with E-state index in [0.717, 1.165) is 24.1 Å². The van der Waals surface area contributed by atoms with Crippen molar-refractivity contribution in [1.29, 1.82) is 0 Å². The fourth-order valence-corrected chi connectivity index (χ4v) is 3.37. The smallest absolute Gasteiger partial charge is 0.123 e. The van der Waals surface area contributed by atoms with Gasteiger partial charge in [0.15, 0.2) is 0 Å². The van der Waals surface area contributed by atoms with E-state index in [-0.39, 0.29) is 17.9 Å². The minimum atomic E-state index is -0.146. The van der Waals surface area contributed by atoms with Crippen LogP contribution >= 0.6 is 0 Å². The van der Waals surface area contributed by atoms with Crippen LogP contribution in [0.15, 0.2) is 18.2 Å². The zero-order valence-corrected chi connectivity index (χ0v) is 11.6. The lowest BCUT2D eigenvalue weighted by Crippen LogP contribution is -2.41. The van der Waals surface area contributed by atoms with Gasteiger partial charge in [0, 0.05) is 12.1 Å². The Labute approximate surface area is 114 Å². The van der Waals surface area contributed by atoms with Gasteiger partial charge in [-0.1, -0.05) is 12.5 Å². The van der Waals surface area contributed by atoms with Crippen LogP contribution in [-0.2, 0) is 0 Å². The van der Waals surface area contributed by atoms with Gasteiger partial charge in [-0.25, -0.2) is 4.39 Å². The van der Waals surface area contributed by atoms with E-state index >= 15 is 0 Å². The van der Waals surface area contributed by atoms with E-state index in [1.165, 1.54) is 25.7 Å². The summed E-state index contributed by atoms with van der Waals surface area (Å²) in [4.78, 5) is 2.54. The highest BCUT2D eigenvalue weighted by atomic mass is 19.1. The van der Waals surface area contributed by atoms with E-state index in [1.54, 1.807) is 12.1 Å². The van der Waals surface area contributed by atoms with Crippen molar-refractivity contribution in [1.82, 2.24) is 4.90 Å². The van der Waals surface area contributed by atoms with E-state index in [9.17, 15) is 4.39 Å². The molecule has 2 atom stereocenters. The van der Waals surface area contributed by atoms with E-state index in [1.807, 2.05) is 6.07 Å². The van der Waals surface area contributed by atoms with Crippen LogP contribution in [0.25, 0.3) is 0 Å². The summed E-state index contributed by atoms with van der Waals surface area (Å²) in [5.41, 5.74) is 8.68. The second-order valence-electron chi connectivity index (χ2n) is 6.07. The molecule has 0 bridgehead atoms. The molecule has 2 aliphatic rings. The van der Waals surface area contributed by atoms with Crippen molar-refractivity contribution in [3.05, 3.63) is 35.1 Å². The zero-order chi connectivity index (χ0) is 13.4. The molecule has 1 aromatic rings. The number of likely N-dealkylation sites (tertiary alicyclic amines) is 1. The maximum Gasteiger partial charge on any atom is 0.123 e. The van der Waals surface area contributed by atoms with E-state index < -0.39 is 0 Å². The first-order valence-electron chi connectivity index (χ1n) is 7.44. The molecule has 1 aliphatic heterocycles. The maximum atomic E-state index is 13.6. The monoisotopic (exact) mass is 262 g/mol. The molecule has 1 heterocycles. The molecule has 3 rings (SSSR count). The van der Waals surface area contributed by atoms with E-state index in [2.05, 4.69) is 11.8 Å². The Morgan fingerprint density at radius 1 is 1.21 bits per heavy atom. The first-order chi connectivity index (χ1) is 9.16. The number of hydrogen-bond donors (Lipinski definition) is 1. The first-order valence-corrected chi connectivity index (χ1v) is 7.44. The molecule has 1 aromatic carbocycles. The molecule has 1 saturated heterocycles. The molecule has 0 radical (unpaired) electrons. The molecule has 3 heteroatoms. The summed E-state index contributed by atoms with van der Waals surface area (Å²) in [6, 6.07) is 6.13. The number of halogens is 1. The van der Waals surface area contributed by atoms with Gasteiger partial charge >= 0.3 is 0 Å². The quantitative estimate of drug-likeness (QED) is 0.887. The molecule has 2 N–H and O–H groups in total. The van der Waals surface area contributed by atoms with Gasteiger partial charge in [-0.2, -0.15) is 0 Å². The van der Waals surface area contributed by atoms with Crippen molar-refractivity contribution in [3.63, 3.8) is 0 Å². The zero-order valence-electron chi connectivity index (χ0n) is 11.6. The van der Waals surface area contributed by atoms with Gasteiger partial charge in [0.2, 0.25) is 0 Å². The van der Waals surface area contributed by atoms with E-state index in [0.29, 0.717) is 6.04 Å². The SMILES string of the molecule is Cc1ccc(F)cc1C1C(N)CCCCN1C1CC1. The molecule has 2 unspecified atom stereocenters. The van der Waals surface area contributed by atoms with Crippen molar-refractivity contribution < 1.29 is 4.39 Å². The van der Waals surface area contributed by atoms with Gasteiger partial charge in [0.05, 0.1) is 6.04 Å². The highest BCUT2D eigenvalue weighted by Gasteiger charge is 2.38. The Balaban J connectivity index is 1.98. The predicted molar refractivity (Wildman–Crippen MR) is 75.4 cm³/mol.